The van der Waals surface area contributed by atoms with Crippen molar-refractivity contribution >= 4 is 5.91 Å². The van der Waals surface area contributed by atoms with Crippen molar-refractivity contribution in [3.8, 4) is 0 Å². The largest absolute Gasteiger partial charge is 0.364 e. The van der Waals surface area contributed by atoms with Crippen LogP contribution in [0.2, 0.25) is 0 Å². The van der Waals surface area contributed by atoms with Gasteiger partial charge in [-0.2, -0.15) is 0 Å². The molecular formula is C14H20N2O2. The third kappa shape index (κ3) is 2.47. The summed E-state index contributed by atoms with van der Waals surface area (Å²) >= 11 is 0. The minimum Gasteiger partial charge on any atom is -0.364 e. The van der Waals surface area contributed by atoms with Crippen molar-refractivity contribution < 1.29 is 4.79 Å². The van der Waals surface area contributed by atoms with Crippen molar-refractivity contribution in [3.05, 3.63) is 33.7 Å². The highest BCUT2D eigenvalue weighted by molar-refractivity contribution is 5.93. The number of H-pyrrole nitrogens is 1. The second-order valence-corrected chi connectivity index (χ2v) is 5.59. The van der Waals surface area contributed by atoms with Crippen LogP contribution < -0.4 is 10.7 Å². The molecule has 0 aromatic carbocycles. The smallest absolute Gasteiger partial charge is 0.256 e. The molecule has 0 unspecified atom stereocenters. The van der Waals surface area contributed by atoms with E-state index in [1.807, 2.05) is 0 Å². The zero-order valence-electron chi connectivity index (χ0n) is 11.2. The van der Waals surface area contributed by atoms with Crippen molar-refractivity contribution in [1.82, 2.24) is 10.3 Å². The van der Waals surface area contributed by atoms with Crippen LogP contribution in [-0.4, -0.2) is 17.4 Å². The molecule has 18 heavy (non-hydrogen) atoms. The van der Waals surface area contributed by atoms with E-state index in [4.69, 9.17) is 0 Å². The molecule has 0 saturated heterocycles. The highest BCUT2D eigenvalue weighted by Crippen LogP contribution is 2.51. The fraction of sp³-hybridized carbons (Fsp3) is 0.571. The molecule has 1 fully saturated rings. The number of carbonyl (C=O) groups excluding carboxylic acids is 1. The molecule has 1 heterocycles. The van der Waals surface area contributed by atoms with Gasteiger partial charge >= 0.3 is 0 Å². The topological polar surface area (TPSA) is 62.0 Å². The van der Waals surface area contributed by atoms with E-state index in [9.17, 15) is 9.59 Å². The molecule has 4 heteroatoms. The second-order valence-electron chi connectivity index (χ2n) is 5.59. The zero-order chi connectivity index (χ0) is 13.3. The summed E-state index contributed by atoms with van der Waals surface area (Å²) in [4.78, 5) is 26.5. The molecule has 1 aliphatic rings. The first kappa shape index (κ1) is 12.9. The summed E-state index contributed by atoms with van der Waals surface area (Å²) in [6.45, 7) is 6.81. The van der Waals surface area contributed by atoms with E-state index < -0.39 is 0 Å². The Hall–Kier alpha value is -1.58. The van der Waals surface area contributed by atoms with Crippen LogP contribution in [0.25, 0.3) is 0 Å². The molecule has 0 aliphatic heterocycles. The molecule has 0 spiro atoms. The molecule has 1 aliphatic carbocycles. The fourth-order valence-electron chi connectivity index (χ4n) is 2.22. The molecular weight excluding hydrogens is 228 g/mol. The number of amides is 1. The summed E-state index contributed by atoms with van der Waals surface area (Å²) in [6.07, 6.45) is 3.81. The number of nitrogens with one attached hydrogen (secondary N) is 2. The lowest BCUT2D eigenvalue weighted by atomic mass is 9.92. The van der Waals surface area contributed by atoms with Crippen molar-refractivity contribution in [2.24, 2.45) is 11.3 Å². The van der Waals surface area contributed by atoms with Gasteiger partial charge in [0.2, 0.25) is 0 Å². The maximum Gasteiger partial charge on any atom is 0.256 e. The van der Waals surface area contributed by atoms with Crippen LogP contribution in [0.1, 0.15) is 42.7 Å². The molecule has 0 atom stereocenters. The molecule has 1 aromatic rings. The van der Waals surface area contributed by atoms with Gasteiger partial charge in [0.25, 0.3) is 5.91 Å². The quantitative estimate of drug-likeness (QED) is 0.854. The van der Waals surface area contributed by atoms with Crippen LogP contribution in [0.15, 0.2) is 17.1 Å². The first-order valence-corrected chi connectivity index (χ1v) is 6.42. The first-order chi connectivity index (χ1) is 8.44. The van der Waals surface area contributed by atoms with Crippen LogP contribution >= 0.6 is 0 Å². The number of rotatable bonds is 4. The number of aromatic amines is 1. The third-order valence-corrected chi connectivity index (χ3v) is 4.02. The Morgan fingerprint density at radius 2 is 2.17 bits per heavy atom. The van der Waals surface area contributed by atoms with Crippen molar-refractivity contribution in [1.29, 1.82) is 0 Å². The van der Waals surface area contributed by atoms with Crippen molar-refractivity contribution in [2.45, 2.75) is 33.6 Å². The van der Waals surface area contributed by atoms with E-state index in [1.54, 1.807) is 6.92 Å². The summed E-state index contributed by atoms with van der Waals surface area (Å²) in [5.41, 5.74) is 0.989. The van der Waals surface area contributed by atoms with Crippen LogP contribution in [0, 0.1) is 18.3 Å². The van der Waals surface area contributed by atoms with Gasteiger partial charge in [0.05, 0.1) is 0 Å². The predicted octanol–water partition coefficient (Wildman–Crippen LogP) is 1.85. The van der Waals surface area contributed by atoms with E-state index >= 15 is 0 Å². The number of pyridine rings is 1. The maximum absolute atomic E-state index is 11.9. The highest BCUT2D eigenvalue weighted by Gasteiger charge is 2.45. The van der Waals surface area contributed by atoms with Crippen LogP contribution in [-0.2, 0) is 0 Å². The van der Waals surface area contributed by atoms with E-state index in [0.717, 1.165) is 18.5 Å². The zero-order valence-corrected chi connectivity index (χ0v) is 11.2. The summed E-state index contributed by atoms with van der Waals surface area (Å²) in [7, 11) is 0. The first-order valence-electron chi connectivity index (χ1n) is 6.42. The van der Waals surface area contributed by atoms with E-state index in [0.29, 0.717) is 12.5 Å². The number of hydrogen-bond acceptors (Lipinski definition) is 2. The summed E-state index contributed by atoms with van der Waals surface area (Å²) < 4.78 is 0. The van der Waals surface area contributed by atoms with Gasteiger partial charge in [0.15, 0.2) is 5.43 Å². The van der Waals surface area contributed by atoms with Gasteiger partial charge in [-0.3, -0.25) is 9.59 Å². The van der Waals surface area contributed by atoms with Crippen LogP contribution in [0.4, 0.5) is 0 Å². The average molecular weight is 248 g/mol. The summed E-state index contributed by atoms with van der Waals surface area (Å²) in [6, 6.07) is 1.45. The monoisotopic (exact) mass is 248 g/mol. The standard InChI is InChI=1S/C14H20N2O2/c1-9(2)14(4-5-14)8-16-13(18)11-7-15-10(3)6-12(11)17/h6-7,9H,4-5,8H2,1-3H3,(H,15,17)(H,16,18). The van der Waals surface area contributed by atoms with Gasteiger partial charge in [-0.15, -0.1) is 0 Å². The molecule has 1 aromatic heterocycles. The Labute approximate surface area is 107 Å². The molecule has 4 nitrogen and oxygen atoms in total. The molecule has 98 valence electrons. The molecule has 2 N–H and O–H groups in total. The Kier molecular flexibility index (Phi) is 3.28. The lowest BCUT2D eigenvalue weighted by Gasteiger charge is -2.19. The molecule has 0 bridgehead atoms. The van der Waals surface area contributed by atoms with Crippen LogP contribution in [0.3, 0.4) is 0 Å². The van der Waals surface area contributed by atoms with Gasteiger partial charge in [0.1, 0.15) is 5.56 Å². The van der Waals surface area contributed by atoms with Gasteiger partial charge < -0.3 is 10.3 Å². The van der Waals surface area contributed by atoms with E-state index in [1.165, 1.54) is 12.3 Å². The number of aryl methyl sites for hydroxylation is 1. The predicted molar refractivity (Wildman–Crippen MR) is 70.6 cm³/mol. The van der Waals surface area contributed by atoms with E-state index in [-0.39, 0.29) is 22.3 Å². The SMILES string of the molecule is Cc1cc(=O)c(C(=O)NCC2(C(C)C)CC2)c[nH]1. The lowest BCUT2D eigenvalue weighted by Crippen LogP contribution is -2.35. The van der Waals surface area contributed by atoms with E-state index in [2.05, 4.69) is 24.1 Å². The highest BCUT2D eigenvalue weighted by atomic mass is 16.2. The minimum absolute atomic E-state index is 0.195. The third-order valence-electron chi connectivity index (χ3n) is 4.02. The van der Waals surface area contributed by atoms with Gasteiger partial charge in [-0.25, -0.2) is 0 Å². The maximum atomic E-state index is 11.9. The molecule has 2 rings (SSSR count). The molecule has 1 saturated carbocycles. The number of hydrogen-bond donors (Lipinski definition) is 2. The number of carbonyl (C=O) groups is 1. The number of aromatic nitrogens is 1. The molecule has 1 amide bonds. The Balaban J connectivity index is 2.02. The Bertz CT molecular complexity index is 513. The fourth-order valence-corrected chi connectivity index (χ4v) is 2.22. The average Bonchev–Trinajstić information content (AvgIpc) is 3.07. The normalized spacial score (nSPS) is 16.7. The van der Waals surface area contributed by atoms with Crippen molar-refractivity contribution in [3.63, 3.8) is 0 Å². The minimum atomic E-state index is -0.275. The Morgan fingerprint density at radius 3 is 2.67 bits per heavy atom. The van der Waals surface area contributed by atoms with Gasteiger partial charge in [-0.1, -0.05) is 13.8 Å². The summed E-state index contributed by atoms with van der Waals surface area (Å²) in [5.74, 6) is 0.289. The van der Waals surface area contributed by atoms with Crippen molar-refractivity contribution in [2.75, 3.05) is 6.54 Å². The lowest BCUT2D eigenvalue weighted by molar-refractivity contribution is 0.0938. The Morgan fingerprint density at radius 1 is 1.50 bits per heavy atom. The molecule has 0 radical (unpaired) electrons. The van der Waals surface area contributed by atoms with Crippen LogP contribution in [0.5, 0.6) is 0 Å². The van der Waals surface area contributed by atoms with Gasteiger partial charge in [0, 0.05) is 24.5 Å². The van der Waals surface area contributed by atoms with Gasteiger partial charge in [-0.05, 0) is 31.1 Å². The second kappa shape index (κ2) is 4.59. The summed E-state index contributed by atoms with van der Waals surface area (Å²) in [5, 5.41) is 2.88.